The molecule has 3 atom stereocenters. The molecule has 0 spiro atoms. The van der Waals surface area contributed by atoms with E-state index in [9.17, 15) is 4.79 Å². The Hall–Kier alpha value is -1.07. The number of carbonyl (C=O) groups is 1. The van der Waals surface area contributed by atoms with Crippen LogP contribution in [0.4, 0.5) is 0 Å². The highest BCUT2D eigenvalue weighted by atomic mass is 35.5. The summed E-state index contributed by atoms with van der Waals surface area (Å²) in [5.41, 5.74) is 9.71. The summed E-state index contributed by atoms with van der Waals surface area (Å²) >= 11 is 0. The number of amides is 1. The van der Waals surface area contributed by atoms with Crippen molar-refractivity contribution in [2.75, 3.05) is 0 Å². The van der Waals surface area contributed by atoms with Gasteiger partial charge < -0.3 is 11.1 Å². The number of fused-ring (bicyclic) bond motifs is 2. The van der Waals surface area contributed by atoms with Crippen molar-refractivity contribution in [1.29, 1.82) is 0 Å². The molecule has 0 saturated heterocycles. The van der Waals surface area contributed by atoms with Crippen LogP contribution >= 0.6 is 12.4 Å². The Labute approximate surface area is 157 Å². The first-order valence-electron chi connectivity index (χ1n) is 9.48. The third-order valence-electron chi connectivity index (χ3n) is 6.42. The zero-order chi connectivity index (χ0) is 17.4. The predicted octanol–water partition coefficient (Wildman–Crippen LogP) is 3.18. The van der Waals surface area contributed by atoms with Gasteiger partial charge in [-0.25, -0.2) is 0 Å². The number of nitrogens with two attached hydrogens (primary N) is 1. The lowest BCUT2D eigenvalue weighted by Crippen LogP contribution is -2.49. The molecule has 0 aliphatic heterocycles. The van der Waals surface area contributed by atoms with E-state index >= 15 is 0 Å². The quantitative estimate of drug-likeness (QED) is 0.857. The summed E-state index contributed by atoms with van der Waals surface area (Å²) < 4.78 is 1.91. The molecule has 3 rings (SSSR count). The van der Waals surface area contributed by atoms with E-state index in [1.165, 1.54) is 24.8 Å². The maximum atomic E-state index is 12.9. The van der Waals surface area contributed by atoms with Crippen molar-refractivity contribution in [2.45, 2.75) is 71.4 Å². The van der Waals surface area contributed by atoms with Crippen LogP contribution in [0, 0.1) is 31.6 Å². The number of aromatic nitrogens is 2. The minimum Gasteiger partial charge on any atom is -0.349 e. The summed E-state index contributed by atoms with van der Waals surface area (Å²) in [7, 11) is 1.96. The maximum Gasteiger partial charge on any atom is 0.223 e. The second-order valence-electron chi connectivity index (χ2n) is 7.87. The molecule has 25 heavy (non-hydrogen) atoms. The molecular weight excluding hydrogens is 336 g/mol. The molecule has 1 aromatic rings. The van der Waals surface area contributed by atoms with Crippen molar-refractivity contribution in [3.8, 4) is 0 Å². The van der Waals surface area contributed by atoms with Crippen molar-refractivity contribution in [3.05, 3.63) is 17.0 Å². The van der Waals surface area contributed by atoms with Gasteiger partial charge in [0.15, 0.2) is 0 Å². The first-order chi connectivity index (χ1) is 11.4. The van der Waals surface area contributed by atoms with Gasteiger partial charge in [0, 0.05) is 30.3 Å². The van der Waals surface area contributed by atoms with Crippen LogP contribution in [0.25, 0.3) is 0 Å². The van der Waals surface area contributed by atoms with Crippen LogP contribution in [-0.4, -0.2) is 21.7 Å². The van der Waals surface area contributed by atoms with E-state index in [1.54, 1.807) is 0 Å². The number of nitrogens with one attached hydrogen (secondary N) is 1. The molecule has 1 amide bonds. The first kappa shape index (κ1) is 20.2. The van der Waals surface area contributed by atoms with Gasteiger partial charge in [-0.15, -0.1) is 12.4 Å². The highest BCUT2D eigenvalue weighted by Crippen LogP contribution is 2.42. The van der Waals surface area contributed by atoms with E-state index in [2.05, 4.69) is 24.3 Å². The summed E-state index contributed by atoms with van der Waals surface area (Å²) in [5, 5.41) is 7.82. The molecule has 142 valence electrons. The van der Waals surface area contributed by atoms with Crippen LogP contribution in [0.2, 0.25) is 0 Å². The maximum absolute atomic E-state index is 12.9. The molecule has 1 heterocycles. The van der Waals surface area contributed by atoms with E-state index in [0.29, 0.717) is 17.9 Å². The molecular formula is C19H33ClN4O. The lowest BCUT2D eigenvalue weighted by molar-refractivity contribution is -0.128. The summed E-state index contributed by atoms with van der Waals surface area (Å²) in [4.78, 5) is 12.9. The van der Waals surface area contributed by atoms with Gasteiger partial charge in [-0.1, -0.05) is 13.3 Å². The Balaban J connectivity index is 0.00000225. The lowest BCUT2D eigenvalue weighted by atomic mass is 9.65. The van der Waals surface area contributed by atoms with E-state index < -0.39 is 0 Å². The summed E-state index contributed by atoms with van der Waals surface area (Å²) in [5.74, 6) is 1.42. The molecule has 3 unspecified atom stereocenters. The number of hydrogen-bond acceptors (Lipinski definition) is 3. The summed E-state index contributed by atoms with van der Waals surface area (Å²) in [6.45, 7) is 6.23. The van der Waals surface area contributed by atoms with Gasteiger partial charge in [0.05, 0.1) is 11.7 Å². The van der Waals surface area contributed by atoms with Crippen LogP contribution in [0.1, 0.15) is 68.4 Å². The van der Waals surface area contributed by atoms with E-state index in [0.717, 1.165) is 30.7 Å². The van der Waals surface area contributed by atoms with Gasteiger partial charge >= 0.3 is 0 Å². The van der Waals surface area contributed by atoms with Gasteiger partial charge in [0.25, 0.3) is 0 Å². The molecule has 0 radical (unpaired) electrons. The molecule has 5 nitrogen and oxygen atoms in total. The zero-order valence-electron chi connectivity index (χ0n) is 15.9. The van der Waals surface area contributed by atoms with Crippen LogP contribution in [0.3, 0.4) is 0 Å². The van der Waals surface area contributed by atoms with Crippen molar-refractivity contribution in [2.24, 2.45) is 30.5 Å². The highest BCUT2D eigenvalue weighted by Gasteiger charge is 2.40. The molecule has 2 saturated carbocycles. The number of aryl methyl sites for hydroxylation is 2. The van der Waals surface area contributed by atoms with E-state index in [4.69, 9.17) is 5.73 Å². The lowest BCUT2D eigenvalue weighted by Gasteiger charge is -2.43. The molecule has 0 aromatic carbocycles. The number of rotatable bonds is 4. The number of hydrogen-bond donors (Lipinski definition) is 2. The molecule has 2 aliphatic carbocycles. The minimum absolute atomic E-state index is 0. The van der Waals surface area contributed by atoms with Crippen molar-refractivity contribution < 1.29 is 4.79 Å². The van der Waals surface area contributed by atoms with E-state index in [1.807, 2.05) is 18.7 Å². The van der Waals surface area contributed by atoms with Gasteiger partial charge in [-0.05, 0) is 57.8 Å². The van der Waals surface area contributed by atoms with Crippen LogP contribution < -0.4 is 11.1 Å². The molecule has 6 heteroatoms. The monoisotopic (exact) mass is 368 g/mol. The summed E-state index contributed by atoms with van der Waals surface area (Å²) in [6.07, 6.45) is 6.48. The normalized spacial score (nSPS) is 29.6. The molecule has 2 bridgehead atoms. The Morgan fingerprint density at radius 2 is 1.92 bits per heavy atom. The standard InChI is InChI=1S/C19H32N4O.ClH/c1-5-16(17-11(2)22-23(4)12(17)3)21-19(24)15-9-13-7-6-8-14(10-15)18(13)20;/h13-16,18H,5-10,20H2,1-4H3,(H,21,24);1H. The van der Waals surface area contributed by atoms with Gasteiger partial charge in [-0.3, -0.25) is 9.48 Å². The fraction of sp³-hybridized carbons (Fsp3) is 0.789. The topological polar surface area (TPSA) is 72.9 Å². The smallest absolute Gasteiger partial charge is 0.223 e. The van der Waals surface area contributed by atoms with Crippen LogP contribution in [-0.2, 0) is 11.8 Å². The number of halogens is 1. The van der Waals surface area contributed by atoms with Crippen molar-refractivity contribution in [3.63, 3.8) is 0 Å². The van der Waals surface area contributed by atoms with Crippen molar-refractivity contribution in [1.82, 2.24) is 15.1 Å². The summed E-state index contributed by atoms with van der Waals surface area (Å²) in [6, 6.07) is 0.370. The number of carbonyl (C=O) groups excluding carboxylic acids is 1. The van der Waals surface area contributed by atoms with Crippen LogP contribution in [0.15, 0.2) is 0 Å². The average Bonchev–Trinajstić information content (AvgIpc) is 2.77. The Morgan fingerprint density at radius 3 is 2.40 bits per heavy atom. The van der Waals surface area contributed by atoms with Crippen LogP contribution in [0.5, 0.6) is 0 Å². The fourth-order valence-electron chi connectivity index (χ4n) is 4.97. The Morgan fingerprint density at radius 1 is 1.32 bits per heavy atom. The van der Waals surface area contributed by atoms with E-state index in [-0.39, 0.29) is 30.3 Å². The largest absolute Gasteiger partial charge is 0.349 e. The SMILES string of the molecule is CCC(NC(=O)C1CC2CCCC(C1)C2N)c1c(C)nn(C)c1C.Cl. The average molecular weight is 369 g/mol. The van der Waals surface area contributed by atoms with Gasteiger partial charge in [0.1, 0.15) is 0 Å². The highest BCUT2D eigenvalue weighted by molar-refractivity contribution is 5.85. The second kappa shape index (κ2) is 8.09. The fourth-order valence-corrected chi connectivity index (χ4v) is 4.97. The Bertz CT molecular complexity index is 601. The molecule has 3 N–H and O–H groups in total. The van der Waals surface area contributed by atoms with Crippen molar-refractivity contribution >= 4 is 18.3 Å². The molecule has 1 aromatic heterocycles. The molecule has 2 fully saturated rings. The third kappa shape index (κ3) is 3.87. The van der Waals surface area contributed by atoms with Gasteiger partial charge in [-0.2, -0.15) is 5.10 Å². The minimum atomic E-state index is 0. The number of nitrogens with zero attached hydrogens (tertiary/aromatic N) is 2. The first-order valence-corrected chi connectivity index (χ1v) is 9.48. The Kier molecular flexibility index (Phi) is 6.55. The van der Waals surface area contributed by atoms with Gasteiger partial charge in [0.2, 0.25) is 5.91 Å². The predicted molar refractivity (Wildman–Crippen MR) is 103 cm³/mol. The molecule has 2 aliphatic rings. The zero-order valence-corrected chi connectivity index (χ0v) is 16.7. The second-order valence-corrected chi connectivity index (χ2v) is 7.87. The third-order valence-corrected chi connectivity index (χ3v) is 6.42.